The van der Waals surface area contributed by atoms with Gasteiger partial charge in [-0.3, -0.25) is 0 Å². The summed E-state index contributed by atoms with van der Waals surface area (Å²) >= 11 is 0. The minimum Gasteiger partial charge on any atom is -0.411 e. The van der Waals surface area contributed by atoms with E-state index in [1.807, 2.05) is 44.2 Å². The number of hydrogen-bond acceptors (Lipinski definition) is 5. The van der Waals surface area contributed by atoms with E-state index in [4.69, 9.17) is 18.6 Å². The topological polar surface area (TPSA) is 57.2 Å². The highest BCUT2D eigenvalue weighted by Gasteiger charge is 2.59. The van der Waals surface area contributed by atoms with Crippen LogP contribution in [0.15, 0.2) is 43.0 Å². The second kappa shape index (κ2) is 8.73. The van der Waals surface area contributed by atoms with Crippen LogP contribution in [0.2, 0.25) is 18.1 Å². The molecule has 0 aromatic heterocycles. The van der Waals surface area contributed by atoms with E-state index in [2.05, 4.69) is 40.4 Å². The van der Waals surface area contributed by atoms with Gasteiger partial charge in [0, 0.05) is 12.0 Å². The quantitative estimate of drug-likeness (QED) is 0.469. The summed E-state index contributed by atoms with van der Waals surface area (Å²) in [6.45, 7) is 19.3. The van der Waals surface area contributed by atoms with Gasteiger partial charge in [-0.25, -0.2) is 0 Å². The molecular formula is C25H40O5Si. The lowest BCUT2D eigenvalue weighted by molar-refractivity contribution is -0.365. The fraction of sp³-hybridized carbons (Fsp3) is 0.680. The molecule has 2 fully saturated rings. The van der Waals surface area contributed by atoms with Crippen LogP contribution in [0.4, 0.5) is 0 Å². The summed E-state index contributed by atoms with van der Waals surface area (Å²) in [7, 11) is -2.12. The van der Waals surface area contributed by atoms with Crippen LogP contribution >= 0.6 is 0 Å². The first-order chi connectivity index (χ1) is 14.3. The molecule has 0 spiro atoms. The van der Waals surface area contributed by atoms with Gasteiger partial charge < -0.3 is 23.7 Å². The van der Waals surface area contributed by atoms with Crippen molar-refractivity contribution in [1.82, 2.24) is 0 Å². The molecule has 0 unspecified atom stereocenters. The van der Waals surface area contributed by atoms with Crippen LogP contribution in [0.25, 0.3) is 0 Å². The molecule has 3 rings (SSSR count). The van der Waals surface area contributed by atoms with E-state index >= 15 is 0 Å². The van der Waals surface area contributed by atoms with Crippen molar-refractivity contribution in [1.29, 1.82) is 0 Å². The lowest BCUT2D eigenvalue weighted by atomic mass is 9.78. The summed E-state index contributed by atoms with van der Waals surface area (Å²) in [6.07, 6.45) is 1.14. The first kappa shape index (κ1) is 24.6. The Kier molecular flexibility index (Phi) is 6.93. The third-order valence-corrected chi connectivity index (χ3v) is 11.9. The Morgan fingerprint density at radius 3 is 2.48 bits per heavy atom. The van der Waals surface area contributed by atoms with Gasteiger partial charge in [-0.2, -0.15) is 0 Å². The third-order valence-electron chi connectivity index (χ3n) is 7.38. The smallest absolute Gasteiger partial charge is 0.192 e. The van der Waals surface area contributed by atoms with Crippen LogP contribution < -0.4 is 0 Å². The molecule has 2 saturated heterocycles. The second-order valence-corrected chi connectivity index (χ2v) is 15.7. The molecule has 0 radical (unpaired) electrons. The Morgan fingerprint density at radius 2 is 1.90 bits per heavy atom. The first-order valence-corrected chi connectivity index (χ1v) is 14.2. The Balaban J connectivity index is 1.91. The van der Waals surface area contributed by atoms with Gasteiger partial charge in [0.05, 0.1) is 24.9 Å². The van der Waals surface area contributed by atoms with Gasteiger partial charge in [-0.05, 0) is 38.4 Å². The molecule has 1 N–H and O–H groups in total. The minimum atomic E-state index is -2.12. The largest absolute Gasteiger partial charge is 0.411 e. The summed E-state index contributed by atoms with van der Waals surface area (Å²) in [5, 5.41) is 11.1. The average Bonchev–Trinajstić information content (AvgIpc) is 2.68. The standard InChI is InChI=1S/C25H40O5Si/c1-9-13-19(26)25(6)21(29-31(7,8)23(2,3)4)16-20-24(5,30-25)17-27-22(28-20)18-14-11-10-12-15-18/h9-12,14-15,19-22,26H,1,13,16-17H2,2-8H3/t19-,20-,21+,22+,24+,25-/m0/s1. The van der Waals surface area contributed by atoms with E-state index in [0.29, 0.717) is 19.4 Å². The van der Waals surface area contributed by atoms with Crippen molar-refractivity contribution in [3.05, 3.63) is 48.6 Å². The van der Waals surface area contributed by atoms with Gasteiger partial charge in [0.1, 0.15) is 11.2 Å². The van der Waals surface area contributed by atoms with Gasteiger partial charge in [0.25, 0.3) is 0 Å². The van der Waals surface area contributed by atoms with Crippen molar-refractivity contribution in [2.75, 3.05) is 6.61 Å². The van der Waals surface area contributed by atoms with E-state index in [9.17, 15) is 5.11 Å². The third kappa shape index (κ3) is 4.84. The van der Waals surface area contributed by atoms with Crippen LogP contribution in [0.5, 0.6) is 0 Å². The van der Waals surface area contributed by atoms with Crippen molar-refractivity contribution in [2.45, 2.75) is 101 Å². The molecule has 5 nitrogen and oxygen atoms in total. The summed E-state index contributed by atoms with van der Waals surface area (Å²) in [5.41, 5.74) is -0.567. The zero-order valence-corrected chi connectivity index (χ0v) is 21.2. The minimum absolute atomic E-state index is 0.0428. The molecule has 1 aromatic rings. The van der Waals surface area contributed by atoms with Gasteiger partial charge in [-0.1, -0.05) is 57.2 Å². The van der Waals surface area contributed by atoms with Crippen LogP contribution in [0.3, 0.4) is 0 Å². The van der Waals surface area contributed by atoms with Crippen molar-refractivity contribution in [3.63, 3.8) is 0 Å². The highest BCUT2D eigenvalue weighted by atomic mass is 28.4. The SMILES string of the molecule is C=CC[C@H](O)[C@]1(C)O[C@]2(C)CO[C@@H](c3ccccc3)O[C@H]2C[C@H]1O[Si](C)(C)C(C)(C)C. The number of rotatable bonds is 6. The van der Waals surface area contributed by atoms with Crippen LogP contribution in [0, 0.1) is 0 Å². The molecule has 174 valence electrons. The van der Waals surface area contributed by atoms with Crippen molar-refractivity contribution in [2.24, 2.45) is 0 Å². The van der Waals surface area contributed by atoms with Crippen molar-refractivity contribution in [3.8, 4) is 0 Å². The van der Waals surface area contributed by atoms with Crippen molar-refractivity contribution >= 4 is 8.32 Å². The van der Waals surface area contributed by atoms with Gasteiger partial charge in [0.2, 0.25) is 0 Å². The normalized spacial score (nSPS) is 35.3. The summed E-state index contributed by atoms with van der Waals surface area (Å²) in [6, 6.07) is 9.98. The second-order valence-electron chi connectivity index (χ2n) is 10.9. The Morgan fingerprint density at radius 1 is 1.26 bits per heavy atom. The summed E-state index contributed by atoms with van der Waals surface area (Å²) < 4.78 is 26.1. The van der Waals surface area contributed by atoms with E-state index < -0.39 is 31.9 Å². The number of hydrogen-bond donors (Lipinski definition) is 1. The summed E-state index contributed by atoms with van der Waals surface area (Å²) in [5.74, 6) is 0. The summed E-state index contributed by atoms with van der Waals surface area (Å²) in [4.78, 5) is 0. The van der Waals surface area contributed by atoms with Gasteiger partial charge >= 0.3 is 0 Å². The maximum absolute atomic E-state index is 11.1. The van der Waals surface area contributed by atoms with Gasteiger partial charge in [-0.15, -0.1) is 6.58 Å². The lowest BCUT2D eigenvalue weighted by Crippen LogP contribution is -2.70. The van der Waals surface area contributed by atoms with Crippen LogP contribution in [-0.2, 0) is 18.6 Å². The molecule has 0 amide bonds. The molecule has 0 saturated carbocycles. The molecule has 6 atom stereocenters. The molecule has 31 heavy (non-hydrogen) atoms. The maximum Gasteiger partial charge on any atom is 0.192 e. The lowest BCUT2D eigenvalue weighted by Gasteiger charge is -2.58. The van der Waals surface area contributed by atoms with E-state index in [1.165, 1.54) is 0 Å². The molecule has 0 aliphatic carbocycles. The van der Waals surface area contributed by atoms with Crippen LogP contribution in [-0.4, -0.2) is 49.5 Å². The fourth-order valence-corrected chi connectivity index (χ4v) is 5.62. The predicted molar refractivity (Wildman–Crippen MR) is 125 cm³/mol. The fourth-order valence-electron chi connectivity index (χ4n) is 4.22. The van der Waals surface area contributed by atoms with E-state index in [1.54, 1.807) is 6.08 Å². The molecule has 2 aliphatic rings. The van der Waals surface area contributed by atoms with Gasteiger partial charge in [0.15, 0.2) is 14.6 Å². The molecular weight excluding hydrogens is 408 g/mol. The van der Waals surface area contributed by atoms with E-state index in [0.717, 1.165) is 5.56 Å². The molecule has 2 heterocycles. The monoisotopic (exact) mass is 448 g/mol. The zero-order chi connectivity index (χ0) is 23.1. The maximum atomic E-state index is 11.1. The number of fused-ring (bicyclic) bond motifs is 1. The number of aliphatic hydroxyl groups is 1. The number of benzene rings is 1. The zero-order valence-electron chi connectivity index (χ0n) is 20.2. The number of aliphatic hydroxyl groups excluding tert-OH is 1. The first-order valence-electron chi connectivity index (χ1n) is 11.3. The Bertz CT molecular complexity index is 761. The molecule has 6 heteroatoms. The van der Waals surface area contributed by atoms with Crippen molar-refractivity contribution < 1.29 is 23.7 Å². The Hall–Kier alpha value is -1.02. The van der Waals surface area contributed by atoms with Crippen LogP contribution in [0.1, 0.15) is 59.3 Å². The van der Waals surface area contributed by atoms with E-state index in [-0.39, 0.29) is 17.2 Å². The molecule has 0 bridgehead atoms. The number of ether oxygens (including phenoxy) is 3. The Labute approximate surface area is 188 Å². The molecule has 1 aromatic carbocycles. The molecule has 2 aliphatic heterocycles. The highest BCUT2D eigenvalue weighted by molar-refractivity contribution is 6.74. The highest BCUT2D eigenvalue weighted by Crippen LogP contribution is 2.48. The average molecular weight is 449 g/mol. The predicted octanol–water partition coefficient (Wildman–Crippen LogP) is 5.37.